The average molecular weight is 583 g/mol. The van der Waals surface area contributed by atoms with Gasteiger partial charge >= 0.3 is 0 Å². The van der Waals surface area contributed by atoms with Crippen molar-refractivity contribution in [3.63, 3.8) is 0 Å². The molecular formula is C35H32F2N2O2S. The highest BCUT2D eigenvalue weighted by Crippen LogP contribution is 2.42. The van der Waals surface area contributed by atoms with E-state index in [-0.39, 0.29) is 24.0 Å². The van der Waals surface area contributed by atoms with Gasteiger partial charge in [0, 0.05) is 35.3 Å². The molecule has 4 aromatic rings. The van der Waals surface area contributed by atoms with E-state index >= 15 is 4.39 Å². The van der Waals surface area contributed by atoms with Gasteiger partial charge in [-0.2, -0.15) is 4.36 Å². The second-order valence-electron chi connectivity index (χ2n) is 10.5. The second kappa shape index (κ2) is 11.5. The summed E-state index contributed by atoms with van der Waals surface area (Å²) in [4.78, 5) is 13.9. The molecule has 0 radical (unpaired) electrons. The minimum atomic E-state index is -1.97. The molecule has 1 atom stereocenters. The predicted molar refractivity (Wildman–Crippen MR) is 169 cm³/mol. The normalized spacial score (nSPS) is 16.9. The Morgan fingerprint density at radius 1 is 1.10 bits per heavy atom. The maximum absolute atomic E-state index is 15.1. The van der Waals surface area contributed by atoms with Crippen LogP contribution in [0.25, 0.3) is 22.6 Å². The highest BCUT2D eigenvalue weighted by atomic mass is 32.2. The summed E-state index contributed by atoms with van der Waals surface area (Å²) in [5.74, 6) is -0.872. The Labute approximate surface area is 245 Å². The molecule has 3 aromatic carbocycles. The lowest BCUT2D eigenvalue weighted by Crippen LogP contribution is -2.11. The maximum Gasteiger partial charge on any atom is 0.176 e. The molecule has 0 fully saturated rings. The fourth-order valence-electron chi connectivity index (χ4n) is 5.53. The Morgan fingerprint density at radius 3 is 2.43 bits per heavy atom. The van der Waals surface area contributed by atoms with Gasteiger partial charge in [0.1, 0.15) is 11.6 Å². The molecule has 2 heterocycles. The average Bonchev–Trinajstić information content (AvgIpc) is 3.54. The molecule has 4 nitrogen and oxygen atoms in total. The lowest BCUT2D eigenvalue weighted by Gasteiger charge is -2.15. The molecule has 2 aliphatic rings. The molecule has 1 unspecified atom stereocenters. The zero-order chi connectivity index (χ0) is 30.2. The number of ketones is 1. The van der Waals surface area contributed by atoms with Crippen LogP contribution in [0.15, 0.2) is 100 Å². The van der Waals surface area contributed by atoms with E-state index in [2.05, 4.69) is 10.9 Å². The molecule has 0 N–H and O–H groups in total. The van der Waals surface area contributed by atoms with E-state index in [4.69, 9.17) is 0 Å². The van der Waals surface area contributed by atoms with Crippen molar-refractivity contribution in [2.24, 2.45) is 4.36 Å². The Balaban J connectivity index is 0.000000295. The molecule has 0 saturated carbocycles. The standard InChI is InChI=1S/C28H25F2NO.C7H7NOS/c1-5-6-11-20(17(2)3)27-26-22-13-9-12-21(22)24(30)15-25(26)31(28(27)18(4)32)16-19-10-7-8-14-23(19)29;1-10(9)7-5-3-2-4-6(7)8-10/h5-12,14-15H,2,13,16H2,1,3-4H3;2-5H,1H3/b6-5-,20-11+;. The smallest absolute Gasteiger partial charge is 0.176 e. The molecule has 1 aromatic heterocycles. The second-order valence-corrected chi connectivity index (χ2v) is 12.7. The largest absolute Gasteiger partial charge is 0.333 e. The fourth-order valence-corrected chi connectivity index (χ4v) is 6.86. The van der Waals surface area contributed by atoms with Gasteiger partial charge in [0.25, 0.3) is 0 Å². The first-order valence-corrected chi connectivity index (χ1v) is 15.6. The monoisotopic (exact) mass is 582 g/mol. The van der Waals surface area contributed by atoms with Crippen LogP contribution in [-0.4, -0.2) is 20.8 Å². The van der Waals surface area contributed by atoms with Gasteiger partial charge < -0.3 is 4.57 Å². The van der Waals surface area contributed by atoms with Gasteiger partial charge in [-0.15, -0.1) is 0 Å². The van der Waals surface area contributed by atoms with E-state index in [1.807, 2.05) is 62.4 Å². The molecule has 6 rings (SSSR count). The Kier molecular flexibility index (Phi) is 7.97. The zero-order valence-electron chi connectivity index (χ0n) is 24.1. The predicted octanol–water partition coefficient (Wildman–Crippen LogP) is 9.06. The van der Waals surface area contributed by atoms with Crippen LogP contribution in [0.5, 0.6) is 0 Å². The minimum Gasteiger partial charge on any atom is -0.333 e. The first-order valence-electron chi connectivity index (χ1n) is 13.6. The molecule has 0 bridgehead atoms. The molecule has 1 aliphatic heterocycles. The van der Waals surface area contributed by atoms with Crippen molar-refractivity contribution in [1.82, 2.24) is 4.57 Å². The number of rotatable bonds is 6. The molecule has 0 amide bonds. The molecule has 42 heavy (non-hydrogen) atoms. The Hall–Kier alpha value is -4.36. The number of halogens is 2. The lowest BCUT2D eigenvalue weighted by atomic mass is 9.91. The van der Waals surface area contributed by atoms with E-state index in [9.17, 15) is 13.4 Å². The van der Waals surface area contributed by atoms with Gasteiger partial charge in [-0.3, -0.25) is 4.79 Å². The quantitative estimate of drug-likeness (QED) is 0.168. The molecule has 0 saturated heterocycles. The first-order chi connectivity index (χ1) is 20.0. The topological polar surface area (TPSA) is 51.4 Å². The van der Waals surface area contributed by atoms with Crippen molar-refractivity contribution in [2.75, 3.05) is 6.26 Å². The summed E-state index contributed by atoms with van der Waals surface area (Å²) in [7, 11) is -1.97. The third kappa shape index (κ3) is 5.21. The van der Waals surface area contributed by atoms with Crippen molar-refractivity contribution in [2.45, 2.75) is 38.6 Å². The first kappa shape index (κ1) is 29.1. The summed E-state index contributed by atoms with van der Waals surface area (Å²) < 4.78 is 46.6. The number of nitrogens with zero attached hydrogens (tertiary/aromatic N) is 2. The zero-order valence-corrected chi connectivity index (χ0v) is 24.9. The number of carbonyl (C=O) groups excluding carboxylic acids is 1. The van der Waals surface area contributed by atoms with E-state index < -0.39 is 9.73 Å². The summed E-state index contributed by atoms with van der Waals surface area (Å²) in [6.45, 7) is 9.56. The third-order valence-corrected chi connectivity index (χ3v) is 9.11. The van der Waals surface area contributed by atoms with Crippen LogP contribution in [0.2, 0.25) is 0 Å². The molecule has 214 valence electrons. The molecule has 1 aliphatic carbocycles. The summed E-state index contributed by atoms with van der Waals surface area (Å²) in [5.41, 5.74) is 6.06. The van der Waals surface area contributed by atoms with E-state index in [1.54, 1.807) is 35.1 Å². The van der Waals surface area contributed by atoms with Crippen LogP contribution in [0, 0.1) is 11.6 Å². The highest BCUT2D eigenvalue weighted by Gasteiger charge is 2.28. The van der Waals surface area contributed by atoms with Crippen molar-refractivity contribution in [1.29, 1.82) is 0 Å². The number of allylic oxidation sites excluding steroid dienone is 6. The van der Waals surface area contributed by atoms with Gasteiger partial charge in [-0.25, -0.2) is 13.0 Å². The van der Waals surface area contributed by atoms with Crippen LogP contribution >= 0.6 is 0 Å². The van der Waals surface area contributed by atoms with E-state index in [0.29, 0.717) is 28.8 Å². The fraction of sp³-hybridized carbons (Fsp3) is 0.171. The Bertz CT molecular complexity index is 1990. The van der Waals surface area contributed by atoms with Gasteiger partial charge in [-0.1, -0.05) is 72.9 Å². The number of hydrogen-bond acceptors (Lipinski definition) is 3. The summed E-state index contributed by atoms with van der Waals surface area (Å²) in [6, 6.07) is 15.5. The maximum atomic E-state index is 15.1. The summed E-state index contributed by atoms with van der Waals surface area (Å²) in [5, 5.41) is 0.826. The van der Waals surface area contributed by atoms with Crippen molar-refractivity contribution in [3.05, 3.63) is 131 Å². The van der Waals surface area contributed by atoms with Gasteiger partial charge in [0.05, 0.1) is 38.1 Å². The van der Waals surface area contributed by atoms with Crippen LogP contribution in [0.4, 0.5) is 14.5 Å². The van der Waals surface area contributed by atoms with Crippen LogP contribution in [0.1, 0.15) is 53.5 Å². The number of Topliss-reactive ketones (excluding diaryl/α,β-unsaturated/α-hetero) is 1. The third-order valence-electron chi connectivity index (χ3n) is 7.41. The van der Waals surface area contributed by atoms with Crippen LogP contribution in [0.3, 0.4) is 0 Å². The van der Waals surface area contributed by atoms with E-state index in [1.165, 1.54) is 19.1 Å². The lowest BCUT2D eigenvalue weighted by molar-refractivity contribution is 0.100. The van der Waals surface area contributed by atoms with Gasteiger partial charge in [0.15, 0.2) is 5.78 Å². The molecule has 7 heteroatoms. The van der Waals surface area contributed by atoms with Gasteiger partial charge in [-0.05, 0) is 55.7 Å². The van der Waals surface area contributed by atoms with Crippen molar-refractivity contribution >= 4 is 43.8 Å². The number of hydrogen-bond donors (Lipinski definition) is 0. The number of benzene rings is 3. The van der Waals surface area contributed by atoms with Crippen molar-refractivity contribution in [3.8, 4) is 0 Å². The summed E-state index contributed by atoms with van der Waals surface area (Å²) in [6.07, 6.45) is 11.7. The minimum absolute atomic E-state index is 0.122. The SMILES string of the molecule is C=C(C)/C(=C\C=C/C)c1c(C(C)=O)n(Cc2ccccc2F)c2cc(F)c3c(c12)CC=C3.CS1(=O)=Nc2ccccc21. The van der Waals surface area contributed by atoms with Gasteiger partial charge in [0.2, 0.25) is 0 Å². The van der Waals surface area contributed by atoms with E-state index in [0.717, 1.165) is 38.2 Å². The number of aromatic nitrogens is 1. The number of fused-ring (bicyclic) bond motifs is 4. The van der Waals surface area contributed by atoms with Crippen molar-refractivity contribution < 1.29 is 17.8 Å². The van der Waals surface area contributed by atoms with Crippen LogP contribution in [-0.2, 0) is 22.7 Å². The molecular weight excluding hydrogens is 550 g/mol. The highest BCUT2D eigenvalue weighted by molar-refractivity contribution is 7.94. The van der Waals surface area contributed by atoms with Crippen LogP contribution < -0.4 is 0 Å². The molecule has 0 spiro atoms. The number of carbonyl (C=O) groups is 1. The Morgan fingerprint density at radius 2 is 1.81 bits per heavy atom. The summed E-state index contributed by atoms with van der Waals surface area (Å²) >= 11 is 0.